The van der Waals surface area contributed by atoms with Crippen molar-refractivity contribution in [1.82, 2.24) is 0 Å². The van der Waals surface area contributed by atoms with Crippen LogP contribution in [0.1, 0.15) is 40.0 Å². The van der Waals surface area contributed by atoms with Crippen LogP contribution in [-0.4, -0.2) is 35.4 Å². The van der Waals surface area contributed by atoms with Gasteiger partial charge in [-0.25, -0.2) is 4.79 Å². The zero-order valence-electron chi connectivity index (χ0n) is 13.4. The molecule has 122 valence electrons. The van der Waals surface area contributed by atoms with Crippen molar-refractivity contribution >= 4 is 11.9 Å². The summed E-state index contributed by atoms with van der Waals surface area (Å²) in [5.41, 5.74) is 0.123. The van der Waals surface area contributed by atoms with Crippen molar-refractivity contribution in [2.24, 2.45) is 23.2 Å². The van der Waals surface area contributed by atoms with Crippen molar-refractivity contribution in [1.29, 1.82) is 0 Å². The summed E-state index contributed by atoms with van der Waals surface area (Å²) in [6, 6.07) is 0. The van der Waals surface area contributed by atoms with Crippen molar-refractivity contribution in [3.05, 3.63) is 12.2 Å². The fraction of sp³-hybridized carbons (Fsp3) is 0.765. The maximum Gasteiger partial charge on any atom is 0.334 e. The lowest BCUT2D eigenvalue weighted by molar-refractivity contribution is -0.153. The van der Waals surface area contributed by atoms with Crippen LogP contribution >= 0.6 is 0 Å². The second kappa shape index (κ2) is 5.08. The van der Waals surface area contributed by atoms with Crippen LogP contribution in [0.5, 0.6) is 0 Å². The van der Waals surface area contributed by atoms with Gasteiger partial charge < -0.3 is 14.6 Å². The Kier molecular flexibility index (Phi) is 3.59. The molecule has 0 bridgehead atoms. The minimum atomic E-state index is -0.717. The Morgan fingerprint density at radius 2 is 2.14 bits per heavy atom. The molecule has 1 saturated heterocycles. The van der Waals surface area contributed by atoms with Gasteiger partial charge in [0.2, 0.25) is 0 Å². The van der Waals surface area contributed by atoms with Crippen LogP contribution < -0.4 is 0 Å². The summed E-state index contributed by atoms with van der Waals surface area (Å²) in [7, 11) is 0. The van der Waals surface area contributed by atoms with Gasteiger partial charge in [0.25, 0.3) is 0 Å². The molecule has 2 saturated carbocycles. The van der Waals surface area contributed by atoms with Crippen LogP contribution in [0.4, 0.5) is 0 Å². The number of fused-ring (bicyclic) bond motifs is 2. The maximum atomic E-state index is 11.8. The first-order valence-corrected chi connectivity index (χ1v) is 7.99. The van der Waals surface area contributed by atoms with E-state index >= 15 is 0 Å². The van der Waals surface area contributed by atoms with Gasteiger partial charge in [0.1, 0.15) is 12.2 Å². The highest BCUT2D eigenvalue weighted by atomic mass is 16.6. The summed E-state index contributed by atoms with van der Waals surface area (Å²) >= 11 is 0. The fourth-order valence-electron chi connectivity index (χ4n) is 4.92. The van der Waals surface area contributed by atoms with E-state index in [4.69, 9.17) is 9.47 Å². The Labute approximate surface area is 130 Å². The topological polar surface area (TPSA) is 72.8 Å². The minimum absolute atomic E-state index is 0.0457. The lowest BCUT2D eigenvalue weighted by atomic mass is 9.69. The molecule has 5 heteroatoms. The second-order valence-electron chi connectivity index (χ2n) is 7.43. The summed E-state index contributed by atoms with van der Waals surface area (Å²) in [6.45, 7) is 9.42. The number of aliphatic hydroxyl groups excluding tert-OH is 1. The molecule has 1 aliphatic heterocycles. The van der Waals surface area contributed by atoms with Gasteiger partial charge in [0, 0.05) is 23.8 Å². The third-order valence-corrected chi connectivity index (χ3v) is 6.05. The lowest BCUT2D eigenvalue weighted by Crippen LogP contribution is -2.40. The molecule has 1 N–H and O–H groups in total. The average Bonchev–Trinajstić information content (AvgIpc) is 2.77. The molecule has 0 aromatic heterocycles. The summed E-state index contributed by atoms with van der Waals surface area (Å²) < 4.78 is 10.8. The molecule has 3 rings (SSSR count). The van der Waals surface area contributed by atoms with Gasteiger partial charge in [0.15, 0.2) is 0 Å². The first-order valence-electron chi connectivity index (χ1n) is 7.99. The molecule has 1 heterocycles. The van der Waals surface area contributed by atoms with Crippen molar-refractivity contribution in [3.63, 3.8) is 0 Å². The van der Waals surface area contributed by atoms with Gasteiger partial charge in [0.05, 0.1) is 6.10 Å². The zero-order chi connectivity index (χ0) is 16.2. The molecule has 0 unspecified atom stereocenters. The van der Waals surface area contributed by atoms with Gasteiger partial charge in [-0.1, -0.05) is 20.4 Å². The molecule has 2 aliphatic carbocycles. The predicted octanol–water partition coefficient (Wildman–Crippen LogP) is 1.83. The van der Waals surface area contributed by atoms with Gasteiger partial charge in [-0.2, -0.15) is 0 Å². The number of hydrogen-bond acceptors (Lipinski definition) is 5. The van der Waals surface area contributed by atoms with Crippen molar-refractivity contribution < 1.29 is 24.2 Å². The van der Waals surface area contributed by atoms with Crippen LogP contribution in [-0.2, 0) is 19.1 Å². The fourth-order valence-corrected chi connectivity index (χ4v) is 4.92. The molecule has 0 amide bonds. The number of carbonyl (C=O) groups is 2. The molecule has 0 aromatic rings. The molecule has 0 aromatic carbocycles. The Bertz CT molecular complexity index is 527. The van der Waals surface area contributed by atoms with E-state index in [-0.39, 0.29) is 35.8 Å². The monoisotopic (exact) mass is 308 g/mol. The largest absolute Gasteiger partial charge is 0.460 e. The summed E-state index contributed by atoms with van der Waals surface area (Å²) in [5.74, 6) is -0.194. The van der Waals surface area contributed by atoms with Gasteiger partial charge in [-0.15, -0.1) is 0 Å². The average molecular weight is 308 g/mol. The molecule has 5 nitrogen and oxygen atoms in total. The Balaban J connectivity index is 1.91. The van der Waals surface area contributed by atoms with Crippen LogP contribution in [0.25, 0.3) is 0 Å². The van der Waals surface area contributed by atoms with Crippen LogP contribution in [0.15, 0.2) is 12.2 Å². The van der Waals surface area contributed by atoms with Gasteiger partial charge in [-0.3, -0.25) is 4.79 Å². The number of carbonyl (C=O) groups excluding carboxylic acids is 2. The SMILES string of the molecule is C=C1C(=O)O[C@@H]2C[C@H](C)[C@@H]3C[C@H](OC(C)=O)[C@H](O)[C@@]3(C)C[C@H]12. The maximum absolute atomic E-state index is 11.8. The van der Waals surface area contributed by atoms with Gasteiger partial charge in [-0.05, 0) is 31.1 Å². The van der Waals surface area contributed by atoms with Crippen LogP contribution in [0, 0.1) is 23.2 Å². The van der Waals surface area contributed by atoms with E-state index in [1.54, 1.807) is 0 Å². The van der Waals surface area contributed by atoms with E-state index in [2.05, 4.69) is 13.5 Å². The smallest absolute Gasteiger partial charge is 0.334 e. The van der Waals surface area contributed by atoms with Crippen LogP contribution in [0.2, 0.25) is 0 Å². The van der Waals surface area contributed by atoms with E-state index in [9.17, 15) is 14.7 Å². The first-order chi connectivity index (χ1) is 10.2. The third-order valence-electron chi connectivity index (χ3n) is 6.05. The normalized spacial score (nSPS) is 47.5. The summed E-state index contributed by atoms with van der Waals surface area (Å²) in [5, 5.41) is 10.8. The molecule has 3 aliphatic rings. The summed E-state index contributed by atoms with van der Waals surface area (Å²) in [4.78, 5) is 23.1. The minimum Gasteiger partial charge on any atom is -0.460 e. The standard InChI is InChI=1S/C17H24O5/c1-8-5-13-11(9(2)16(20)22-13)7-17(4)12(8)6-14(15(17)19)21-10(3)18/h8,11-15,19H,2,5-7H2,1,3-4H3/t8-,11+,12-,13+,14-,15-,17-/m0/s1. The Morgan fingerprint density at radius 1 is 1.45 bits per heavy atom. The van der Waals surface area contributed by atoms with Crippen molar-refractivity contribution in [3.8, 4) is 0 Å². The quantitative estimate of drug-likeness (QED) is 0.591. The number of ether oxygens (including phenoxy) is 2. The zero-order valence-corrected chi connectivity index (χ0v) is 13.4. The van der Waals surface area contributed by atoms with E-state index in [1.807, 2.05) is 6.92 Å². The molecule has 7 atom stereocenters. The Hall–Kier alpha value is -1.36. The van der Waals surface area contributed by atoms with E-state index in [1.165, 1.54) is 6.92 Å². The summed E-state index contributed by atoms with van der Waals surface area (Å²) in [6.07, 6.45) is 0.782. The van der Waals surface area contributed by atoms with Crippen molar-refractivity contribution in [2.75, 3.05) is 0 Å². The number of hydrogen-bond donors (Lipinski definition) is 1. The molecule has 0 radical (unpaired) electrons. The van der Waals surface area contributed by atoms with Gasteiger partial charge >= 0.3 is 11.9 Å². The predicted molar refractivity (Wildman–Crippen MR) is 78.7 cm³/mol. The molecule has 22 heavy (non-hydrogen) atoms. The van der Waals surface area contributed by atoms with Crippen LogP contribution in [0.3, 0.4) is 0 Å². The first kappa shape index (κ1) is 15.5. The number of esters is 2. The van der Waals surface area contributed by atoms with E-state index in [0.717, 1.165) is 6.42 Å². The molecule has 0 spiro atoms. The molecular formula is C17H24O5. The van der Waals surface area contributed by atoms with E-state index in [0.29, 0.717) is 18.4 Å². The number of rotatable bonds is 1. The molecule has 3 fully saturated rings. The number of aliphatic hydroxyl groups is 1. The molecular weight excluding hydrogens is 284 g/mol. The van der Waals surface area contributed by atoms with E-state index < -0.39 is 17.6 Å². The highest BCUT2D eigenvalue weighted by Gasteiger charge is 2.59. The third kappa shape index (κ3) is 2.18. The van der Waals surface area contributed by atoms with Crippen molar-refractivity contribution in [2.45, 2.75) is 58.3 Å². The lowest BCUT2D eigenvalue weighted by Gasteiger charge is -2.36. The Morgan fingerprint density at radius 3 is 2.77 bits per heavy atom. The highest BCUT2D eigenvalue weighted by Crippen LogP contribution is 2.57. The second-order valence-corrected chi connectivity index (χ2v) is 7.43. The highest BCUT2D eigenvalue weighted by molar-refractivity contribution is 5.90.